The summed E-state index contributed by atoms with van der Waals surface area (Å²) in [5.41, 5.74) is 0.411. The van der Waals surface area contributed by atoms with Crippen molar-refractivity contribution in [1.29, 1.82) is 0 Å². The van der Waals surface area contributed by atoms with E-state index in [2.05, 4.69) is 15.3 Å². The van der Waals surface area contributed by atoms with E-state index in [1.807, 2.05) is 13.0 Å². The van der Waals surface area contributed by atoms with E-state index in [9.17, 15) is 14.3 Å². The summed E-state index contributed by atoms with van der Waals surface area (Å²) in [5.74, 6) is -2.96. The van der Waals surface area contributed by atoms with Crippen LogP contribution < -0.4 is 10.1 Å². The molecule has 5 rings (SSSR count). The minimum atomic E-state index is -1.67. The number of pyridine rings is 2. The molecule has 4 aromatic rings. The minimum absolute atomic E-state index is 0.0768. The lowest BCUT2D eigenvalue weighted by molar-refractivity contribution is -0.179. The van der Waals surface area contributed by atoms with Crippen LogP contribution in [0.5, 0.6) is 5.75 Å². The first-order valence-electron chi connectivity index (χ1n) is 13.7. The van der Waals surface area contributed by atoms with Crippen LogP contribution in [0.25, 0.3) is 22.2 Å². The Kier molecular flexibility index (Phi) is 8.44. The zero-order chi connectivity index (χ0) is 30.9. The Morgan fingerprint density at radius 2 is 1.91 bits per heavy atom. The smallest absolute Gasteiger partial charge is 0.251 e. The van der Waals surface area contributed by atoms with Gasteiger partial charge in [0.05, 0.1) is 32.5 Å². The highest BCUT2D eigenvalue weighted by molar-refractivity contribution is 6.00. The molecule has 226 valence electrons. The van der Waals surface area contributed by atoms with Crippen LogP contribution in [0.1, 0.15) is 41.0 Å². The molecule has 1 amide bonds. The van der Waals surface area contributed by atoms with E-state index in [0.717, 1.165) is 10.9 Å². The number of carbonyl (C=O) groups is 1. The van der Waals surface area contributed by atoms with Crippen molar-refractivity contribution < 1.29 is 37.6 Å². The van der Waals surface area contributed by atoms with E-state index < -0.39 is 35.0 Å². The summed E-state index contributed by atoms with van der Waals surface area (Å²) in [6.07, 6.45) is 1.20. The molecular weight excluding hydrogens is 560 g/mol. The maximum absolute atomic E-state index is 15.8. The number of halogens is 2. The summed E-state index contributed by atoms with van der Waals surface area (Å²) in [7, 11) is 3.02. The summed E-state index contributed by atoms with van der Waals surface area (Å²) >= 11 is 0. The van der Waals surface area contributed by atoms with Crippen molar-refractivity contribution in [2.45, 2.75) is 38.3 Å². The second kappa shape index (κ2) is 11.9. The van der Waals surface area contributed by atoms with Crippen LogP contribution in [0.2, 0.25) is 0 Å². The van der Waals surface area contributed by atoms with E-state index in [1.165, 1.54) is 58.4 Å². The molecule has 1 saturated heterocycles. The lowest BCUT2D eigenvalue weighted by Gasteiger charge is -2.30. The van der Waals surface area contributed by atoms with Crippen LogP contribution in [0.4, 0.5) is 8.78 Å². The van der Waals surface area contributed by atoms with Gasteiger partial charge in [-0.15, -0.1) is 0 Å². The number of nitrogens with one attached hydrogen (secondary N) is 1. The van der Waals surface area contributed by atoms with Gasteiger partial charge in [0, 0.05) is 35.4 Å². The number of rotatable bonds is 9. The van der Waals surface area contributed by atoms with Gasteiger partial charge >= 0.3 is 0 Å². The van der Waals surface area contributed by atoms with E-state index in [4.69, 9.17) is 18.9 Å². The van der Waals surface area contributed by atoms with E-state index in [-0.39, 0.29) is 42.3 Å². The number of ether oxygens (including phenoxy) is 4. The number of hydrogen-bond acceptors (Lipinski definition) is 8. The summed E-state index contributed by atoms with van der Waals surface area (Å²) in [6, 6.07) is 11.7. The quantitative estimate of drug-likeness (QED) is 0.286. The molecule has 2 aromatic carbocycles. The Bertz CT molecular complexity index is 1660. The van der Waals surface area contributed by atoms with Crippen molar-refractivity contribution >= 4 is 16.8 Å². The highest BCUT2D eigenvalue weighted by Crippen LogP contribution is 2.38. The molecule has 0 radical (unpaired) electrons. The number of amides is 1. The number of aryl methyl sites for hydroxylation is 1. The highest BCUT2D eigenvalue weighted by atomic mass is 19.1. The molecule has 2 unspecified atom stereocenters. The second-order valence-corrected chi connectivity index (χ2v) is 11.0. The van der Waals surface area contributed by atoms with Crippen molar-refractivity contribution in [2.75, 3.05) is 34.0 Å². The molecule has 3 heterocycles. The predicted molar refractivity (Wildman–Crippen MR) is 155 cm³/mol. The van der Waals surface area contributed by atoms with Crippen LogP contribution in [0.3, 0.4) is 0 Å². The maximum Gasteiger partial charge on any atom is 0.251 e. The van der Waals surface area contributed by atoms with Gasteiger partial charge in [-0.1, -0.05) is 0 Å². The number of nitrogens with zero attached hydrogens (tertiary/aromatic N) is 2. The van der Waals surface area contributed by atoms with E-state index in [1.54, 1.807) is 18.3 Å². The standard InChI is InChI=1S/C32H33F2N3O6/c1-18-10-20-11-21(12-25(41-5)28(20)35-14-18)30(38)36-17-32(42-16-23(43-32)15-40-4)26-13-24(31(2,3)39)27(34)29(37-26)19-6-8-22(33)9-7-19/h6-14,23,39H,15-17H2,1-5H3,(H,36,38). The number of carbonyl (C=O) groups excluding carboxylic acids is 1. The van der Waals surface area contributed by atoms with Crippen molar-refractivity contribution in [3.05, 3.63) is 88.7 Å². The number of hydrogen-bond donors (Lipinski definition) is 2. The van der Waals surface area contributed by atoms with Gasteiger partial charge in [0.1, 0.15) is 34.6 Å². The maximum atomic E-state index is 15.8. The summed E-state index contributed by atoms with van der Waals surface area (Å²) in [6.45, 7) is 4.84. The van der Waals surface area contributed by atoms with Gasteiger partial charge in [0.25, 0.3) is 5.91 Å². The van der Waals surface area contributed by atoms with Gasteiger partial charge in [-0.3, -0.25) is 9.78 Å². The molecule has 1 aliphatic heterocycles. The van der Waals surface area contributed by atoms with Crippen molar-refractivity contribution in [2.24, 2.45) is 0 Å². The molecule has 0 aliphatic carbocycles. The van der Waals surface area contributed by atoms with Gasteiger partial charge in [0.2, 0.25) is 5.79 Å². The Morgan fingerprint density at radius 1 is 1.16 bits per heavy atom. The molecule has 2 atom stereocenters. The number of methoxy groups -OCH3 is 2. The largest absolute Gasteiger partial charge is 0.494 e. The topological polar surface area (TPSA) is 112 Å². The third-order valence-electron chi connectivity index (χ3n) is 7.19. The van der Waals surface area contributed by atoms with Crippen LogP contribution >= 0.6 is 0 Å². The Hall–Kier alpha value is -4.03. The third-order valence-corrected chi connectivity index (χ3v) is 7.19. The Morgan fingerprint density at radius 3 is 2.58 bits per heavy atom. The zero-order valence-corrected chi connectivity index (χ0v) is 24.5. The fourth-order valence-electron chi connectivity index (χ4n) is 5.03. The lowest BCUT2D eigenvalue weighted by atomic mass is 9.93. The minimum Gasteiger partial charge on any atom is -0.494 e. The first kappa shape index (κ1) is 30.4. The van der Waals surface area contributed by atoms with Gasteiger partial charge < -0.3 is 29.4 Å². The number of benzene rings is 2. The molecule has 43 heavy (non-hydrogen) atoms. The molecule has 2 N–H and O–H groups in total. The molecule has 1 fully saturated rings. The highest BCUT2D eigenvalue weighted by Gasteiger charge is 2.46. The fraction of sp³-hybridized carbons (Fsp3) is 0.344. The number of aromatic nitrogens is 2. The number of aliphatic hydroxyl groups is 1. The first-order valence-corrected chi connectivity index (χ1v) is 13.7. The van der Waals surface area contributed by atoms with Crippen LogP contribution in [-0.2, 0) is 25.6 Å². The molecule has 2 aromatic heterocycles. The van der Waals surface area contributed by atoms with Crippen LogP contribution in [-0.4, -0.2) is 61.1 Å². The predicted octanol–water partition coefficient (Wildman–Crippen LogP) is 4.76. The average molecular weight is 594 g/mol. The van der Waals surface area contributed by atoms with Crippen molar-refractivity contribution in [3.63, 3.8) is 0 Å². The van der Waals surface area contributed by atoms with Crippen molar-refractivity contribution in [1.82, 2.24) is 15.3 Å². The SMILES string of the molecule is COCC1COC(CNC(=O)c2cc(OC)c3ncc(C)cc3c2)(c2cc(C(C)(C)O)c(F)c(-c3ccc(F)cc3)n2)O1. The molecular formula is C32H33F2N3O6. The monoisotopic (exact) mass is 593 g/mol. The Balaban J connectivity index is 1.56. The summed E-state index contributed by atoms with van der Waals surface area (Å²) in [4.78, 5) is 22.5. The molecule has 1 aliphatic rings. The van der Waals surface area contributed by atoms with E-state index in [0.29, 0.717) is 16.8 Å². The molecule has 0 bridgehead atoms. The molecule has 0 saturated carbocycles. The number of fused-ring (bicyclic) bond motifs is 1. The van der Waals surface area contributed by atoms with Crippen molar-refractivity contribution in [3.8, 4) is 17.0 Å². The lowest BCUT2D eigenvalue weighted by Crippen LogP contribution is -2.43. The van der Waals surface area contributed by atoms with Gasteiger partial charge in [0.15, 0.2) is 5.82 Å². The molecule has 0 spiro atoms. The van der Waals surface area contributed by atoms with Crippen LogP contribution in [0, 0.1) is 18.6 Å². The summed E-state index contributed by atoms with van der Waals surface area (Å²) in [5, 5.41) is 14.5. The fourth-order valence-corrected chi connectivity index (χ4v) is 5.03. The first-order chi connectivity index (χ1) is 20.4. The normalized spacial score (nSPS) is 18.7. The van der Waals surface area contributed by atoms with Crippen LogP contribution in [0.15, 0.2) is 54.7 Å². The summed E-state index contributed by atoms with van der Waals surface area (Å²) < 4.78 is 52.7. The Labute approximate surface area is 247 Å². The molecule has 11 heteroatoms. The van der Waals surface area contributed by atoms with Gasteiger partial charge in [-0.2, -0.15) is 0 Å². The van der Waals surface area contributed by atoms with Gasteiger partial charge in [-0.05, 0) is 74.9 Å². The van der Waals surface area contributed by atoms with E-state index >= 15 is 4.39 Å². The molecule has 9 nitrogen and oxygen atoms in total. The van der Waals surface area contributed by atoms with Gasteiger partial charge in [-0.25, -0.2) is 13.8 Å². The second-order valence-electron chi connectivity index (χ2n) is 11.0. The third kappa shape index (κ3) is 6.21. The average Bonchev–Trinajstić information content (AvgIpc) is 3.39. The zero-order valence-electron chi connectivity index (χ0n) is 24.5.